The van der Waals surface area contributed by atoms with Crippen LogP contribution in [0.4, 0.5) is 5.69 Å². The van der Waals surface area contributed by atoms with E-state index in [4.69, 9.17) is 10.8 Å². The fourth-order valence-corrected chi connectivity index (χ4v) is 3.06. The van der Waals surface area contributed by atoms with Crippen LogP contribution in [0.1, 0.15) is 24.5 Å². The standard InChI is InChI=1S/C15H17N5/c16-11-3-4-13-12(8-11)15-18-7-5-14(20(15)19-13)10-2-1-6-17-9-10/h3-5,7-8,10,17H,1-2,6,9,16H2. The summed E-state index contributed by atoms with van der Waals surface area (Å²) in [6, 6.07) is 7.88. The Labute approximate surface area is 116 Å². The largest absolute Gasteiger partial charge is 0.399 e. The van der Waals surface area contributed by atoms with E-state index in [2.05, 4.69) is 16.4 Å². The number of piperidine rings is 1. The molecule has 1 atom stereocenters. The number of fused-ring (bicyclic) bond motifs is 3. The molecule has 20 heavy (non-hydrogen) atoms. The number of anilines is 1. The zero-order valence-corrected chi connectivity index (χ0v) is 11.2. The van der Waals surface area contributed by atoms with E-state index in [1.54, 1.807) is 0 Å². The quantitative estimate of drug-likeness (QED) is 0.661. The van der Waals surface area contributed by atoms with E-state index < -0.39 is 0 Å². The summed E-state index contributed by atoms with van der Waals surface area (Å²) in [5.74, 6) is 0.501. The van der Waals surface area contributed by atoms with Crippen LogP contribution in [0, 0.1) is 0 Å². The Balaban J connectivity index is 1.95. The van der Waals surface area contributed by atoms with Gasteiger partial charge in [0.05, 0.1) is 11.2 Å². The van der Waals surface area contributed by atoms with E-state index in [-0.39, 0.29) is 0 Å². The van der Waals surface area contributed by atoms with Crippen molar-refractivity contribution >= 4 is 22.2 Å². The molecule has 0 spiro atoms. The van der Waals surface area contributed by atoms with Crippen LogP contribution in [0.2, 0.25) is 0 Å². The van der Waals surface area contributed by atoms with Gasteiger partial charge < -0.3 is 11.1 Å². The molecule has 0 saturated carbocycles. The van der Waals surface area contributed by atoms with Crippen LogP contribution < -0.4 is 11.1 Å². The summed E-state index contributed by atoms with van der Waals surface area (Å²) in [5.41, 5.74) is 9.71. The van der Waals surface area contributed by atoms with Gasteiger partial charge >= 0.3 is 0 Å². The first-order chi connectivity index (χ1) is 9.83. The Kier molecular flexibility index (Phi) is 2.60. The molecular weight excluding hydrogens is 250 g/mol. The second-order valence-corrected chi connectivity index (χ2v) is 5.42. The molecule has 3 N–H and O–H groups in total. The van der Waals surface area contributed by atoms with Gasteiger partial charge in [-0.2, -0.15) is 5.10 Å². The summed E-state index contributed by atoms with van der Waals surface area (Å²) in [5, 5.41) is 9.19. The zero-order valence-electron chi connectivity index (χ0n) is 11.2. The highest BCUT2D eigenvalue weighted by Crippen LogP contribution is 2.27. The lowest BCUT2D eigenvalue weighted by Crippen LogP contribution is -2.29. The molecular formula is C15H17N5. The van der Waals surface area contributed by atoms with Crippen molar-refractivity contribution < 1.29 is 0 Å². The third kappa shape index (κ3) is 1.74. The maximum atomic E-state index is 5.88. The van der Waals surface area contributed by atoms with Crippen LogP contribution in [0.5, 0.6) is 0 Å². The first-order valence-electron chi connectivity index (χ1n) is 7.06. The molecule has 1 fully saturated rings. The molecule has 0 bridgehead atoms. The zero-order chi connectivity index (χ0) is 13.5. The molecule has 0 aliphatic carbocycles. The van der Waals surface area contributed by atoms with Crippen molar-refractivity contribution in [1.29, 1.82) is 0 Å². The second-order valence-electron chi connectivity index (χ2n) is 5.42. The van der Waals surface area contributed by atoms with E-state index in [1.165, 1.54) is 18.5 Å². The van der Waals surface area contributed by atoms with E-state index in [1.807, 2.05) is 28.9 Å². The fourth-order valence-electron chi connectivity index (χ4n) is 3.06. The molecule has 1 aliphatic heterocycles. The first-order valence-corrected chi connectivity index (χ1v) is 7.06. The Morgan fingerprint density at radius 1 is 1.30 bits per heavy atom. The number of benzene rings is 1. The Bertz CT molecular complexity index is 770. The molecule has 102 valence electrons. The molecule has 1 aromatic carbocycles. The van der Waals surface area contributed by atoms with Crippen LogP contribution in [-0.4, -0.2) is 27.7 Å². The smallest absolute Gasteiger partial charge is 0.163 e. The van der Waals surface area contributed by atoms with Gasteiger partial charge in [0.15, 0.2) is 5.65 Å². The van der Waals surface area contributed by atoms with Crippen molar-refractivity contribution in [3.8, 4) is 0 Å². The van der Waals surface area contributed by atoms with Gasteiger partial charge in [0.2, 0.25) is 0 Å². The van der Waals surface area contributed by atoms with Crippen LogP contribution in [0.15, 0.2) is 30.5 Å². The number of nitrogens with zero attached hydrogens (tertiary/aromatic N) is 3. The maximum Gasteiger partial charge on any atom is 0.163 e. The molecule has 0 amide bonds. The minimum atomic E-state index is 0.501. The SMILES string of the molecule is Nc1ccc2nn3c(C4CCCNC4)ccnc3c2c1. The highest BCUT2D eigenvalue weighted by Gasteiger charge is 2.19. The van der Waals surface area contributed by atoms with Crippen molar-refractivity contribution in [1.82, 2.24) is 19.9 Å². The van der Waals surface area contributed by atoms with Crippen molar-refractivity contribution in [3.05, 3.63) is 36.2 Å². The topological polar surface area (TPSA) is 68.2 Å². The van der Waals surface area contributed by atoms with Gasteiger partial charge in [-0.15, -0.1) is 0 Å². The molecule has 0 radical (unpaired) electrons. The molecule has 3 aromatic rings. The highest BCUT2D eigenvalue weighted by molar-refractivity contribution is 5.94. The second kappa shape index (κ2) is 4.45. The normalized spacial score (nSPS) is 19.7. The maximum absolute atomic E-state index is 5.88. The van der Waals surface area contributed by atoms with E-state index in [9.17, 15) is 0 Å². The van der Waals surface area contributed by atoms with Gasteiger partial charge in [0, 0.05) is 29.7 Å². The fraction of sp³-hybridized carbons (Fsp3) is 0.333. The minimum Gasteiger partial charge on any atom is -0.399 e. The predicted molar refractivity (Wildman–Crippen MR) is 79.8 cm³/mol. The van der Waals surface area contributed by atoms with Crippen molar-refractivity contribution in [2.75, 3.05) is 18.8 Å². The summed E-state index contributed by atoms with van der Waals surface area (Å²) in [6.07, 6.45) is 4.29. The summed E-state index contributed by atoms with van der Waals surface area (Å²) in [7, 11) is 0. The Morgan fingerprint density at radius 2 is 2.25 bits per heavy atom. The lowest BCUT2D eigenvalue weighted by Gasteiger charge is -2.23. The first kappa shape index (κ1) is 11.7. The number of nitrogens with one attached hydrogen (secondary N) is 1. The number of aromatic nitrogens is 3. The van der Waals surface area contributed by atoms with Crippen molar-refractivity contribution in [2.24, 2.45) is 0 Å². The summed E-state index contributed by atoms with van der Waals surface area (Å²) < 4.78 is 1.99. The van der Waals surface area contributed by atoms with E-state index >= 15 is 0 Å². The Morgan fingerprint density at radius 3 is 3.10 bits per heavy atom. The average Bonchev–Trinajstić information content (AvgIpc) is 2.86. The molecule has 4 rings (SSSR count). The third-order valence-corrected chi connectivity index (χ3v) is 4.07. The van der Waals surface area contributed by atoms with Crippen LogP contribution in [-0.2, 0) is 0 Å². The van der Waals surface area contributed by atoms with Gasteiger partial charge in [0.25, 0.3) is 0 Å². The number of rotatable bonds is 1. The van der Waals surface area contributed by atoms with Crippen molar-refractivity contribution in [2.45, 2.75) is 18.8 Å². The van der Waals surface area contributed by atoms with Gasteiger partial charge in [-0.25, -0.2) is 9.50 Å². The third-order valence-electron chi connectivity index (χ3n) is 4.07. The van der Waals surface area contributed by atoms with E-state index in [0.717, 1.165) is 35.3 Å². The Hall–Kier alpha value is -2.14. The molecule has 5 heteroatoms. The highest BCUT2D eigenvalue weighted by atomic mass is 15.3. The lowest BCUT2D eigenvalue weighted by molar-refractivity contribution is 0.448. The monoisotopic (exact) mass is 267 g/mol. The average molecular weight is 267 g/mol. The van der Waals surface area contributed by atoms with Crippen molar-refractivity contribution in [3.63, 3.8) is 0 Å². The van der Waals surface area contributed by atoms with Gasteiger partial charge in [-0.1, -0.05) is 0 Å². The van der Waals surface area contributed by atoms with Crippen LogP contribution >= 0.6 is 0 Å². The molecule has 5 nitrogen and oxygen atoms in total. The van der Waals surface area contributed by atoms with Gasteiger partial charge in [-0.05, 0) is 43.7 Å². The lowest BCUT2D eigenvalue weighted by atomic mass is 9.96. The van der Waals surface area contributed by atoms with E-state index in [0.29, 0.717) is 5.92 Å². The molecule has 1 saturated heterocycles. The summed E-state index contributed by atoms with van der Waals surface area (Å²) >= 11 is 0. The molecule has 2 aromatic heterocycles. The molecule has 1 aliphatic rings. The minimum absolute atomic E-state index is 0.501. The van der Waals surface area contributed by atoms with Crippen LogP contribution in [0.3, 0.4) is 0 Å². The number of nitrogen functional groups attached to an aromatic ring is 1. The molecule has 3 heterocycles. The predicted octanol–water partition coefficient (Wildman–Crippen LogP) is 1.93. The number of hydrogen-bond acceptors (Lipinski definition) is 4. The molecule has 1 unspecified atom stereocenters. The van der Waals surface area contributed by atoms with Gasteiger partial charge in [-0.3, -0.25) is 0 Å². The number of nitrogens with two attached hydrogens (primary N) is 1. The number of hydrogen-bond donors (Lipinski definition) is 2. The summed E-state index contributed by atoms with van der Waals surface area (Å²) in [4.78, 5) is 4.49. The summed E-state index contributed by atoms with van der Waals surface area (Å²) in [6.45, 7) is 2.12. The van der Waals surface area contributed by atoms with Gasteiger partial charge in [0.1, 0.15) is 0 Å². The van der Waals surface area contributed by atoms with Crippen LogP contribution in [0.25, 0.3) is 16.6 Å².